The van der Waals surface area contributed by atoms with Crippen LogP contribution < -0.4 is 4.90 Å². The van der Waals surface area contributed by atoms with Gasteiger partial charge in [0.15, 0.2) is 0 Å². The van der Waals surface area contributed by atoms with Gasteiger partial charge in [-0.25, -0.2) is 0 Å². The number of aliphatic hydroxyl groups is 4. The van der Waals surface area contributed by atoms with Crippen molar-refractivity contribution in [3.8, 4) is 0 Å². The number of benzene rings is 1. The molecular formula is C16H23N3O9S. The molecule has 0 amide bonds. The van der Waals surface area contributed by atoms with Crippen LogP contribution in [0.1, 0.15) is 13.8 Å². The summed E-state index contributed by atoms with van der Waals surface area (Å²) < 4.78 is 5.38. The molecule has 0 spiro atoms. The lowest BCUT2D eigenvalue weighted by Crippen LogP contribution is -2.57. The summed E-state index contributed by atoms with van der Waals surface area (Å²) in [5.74, 6) is 0. The average molecular weight is 433 g/mol. The fraction of sp³-hybridized carbons (Fsp3) is 0.625. The van der Waals surface area contributed by atoms with Crippen molar-refractivity contribution in [1.82, 2.24) is 0 Å². The van der Waals surface area contributed by atoms with E-state index in [0.29, 0.717) is 24.9 Å². The third-order valence-electron chi connectivity index (χ3n) is 4.65. The van der Waals surface area contributed by atoms with E-state index < -0.39 is 57.7 Å². The number of nitrogens with zero attached hydrogens (tertiary/aromatic N) is 3. The van der Waals surface area contributed by atoms with Crippen LogP contribution in [-0.4, -0.2) is 79.8 Å². The van der Waals surface area contributed by atoms with Crippen LogP contribution in [0.4, 0.5) is 17.1 Å². The predicted octanol–water partition coefficient (Wildman–Crippen LogP) is 0.241. The van der Waals surface area contributed by atoms with Gasteiger partial charge in [0.25, 0.3) is 11.4 Å². The molecule has 0 aliphatic carbocycles. The monoisotopic (exact) mass is 433 g/mol. The number of nitro groups is 2. The van der Waals surface area contributed by atoms with E-state index in [2.05, 4.69) is 0 Å². The highest BCUT2D eigenvalue weighted by atomic mass is 32.2. The van der Waals surface area contributed by atoms with E-state index in [4.69, 9.17) is 4.74 Å². The zero-order valence-electron chi connectivity index (χ0n) is 15.7. The summed E-state index contributed by atoms with van der Waals surface area (Å²) in [5.41, 5.74) is -2.08. The van der Waals surface area contributed by atoms with Crippen LogP contribution in [0.5, 0.6) is 0 Å². The van der Waals surface area contributed by atoms with Crippen molar-refractivity contribution in [2.75, 3.05) is 24.6 Å². The minimum Gasteiger partial charge on any atom is -0.394 e. The van der Waals surface area contributed by atoms with Crippen molar-refractivity contribution in [2.45, 2.75) is 48.6 Å². The SMILES string of the molecule is CCN(CC)c1cc(S[C@@H]2O[C@H](CO)[C@H](O)[C@H](O)[C@H]2O)c([N+](=O)[O-])cc1[N+](=O)[O-]. The maximum atomic E-state index is 11.5. The topological polar surface area (TPSA) is 180 Å². The Morgan fingerprint density at radius 1 is 1.03 bits per heavy atom. The molecule has 2 rings (SSSR count). The number of anilines is 1. The molecule has 0 unspecified atom stereocenters. The van der Waals surface area contributed by atoms with Crippen LogP contribution in [0.15, 0.2) is 17.0 Å². The molecule has 29 heavy (non-hydrogen) atoms. The first kappa shape index (κ1) is 23.3. The summed E-state index contributed by atoms with van der Waals surface area (Å²) in [6, 6.07) is 2.12. The number of aliphatic hydroxyl groups excluding tert-OH is 4. The Labute approximate surface area is 170 Å². The first-order chi connectivity index (χ1) is 13.7. The van der Waals surface area contributed by atoms with Gasteiger partial charge in [-0.2, -0.15) is 0 Å². The van der Waals surface area contributed by atoms with E-state index in [1.807, 2.05) is 0 Å². The molecule has 5 atom stereocenters. The third-order valence-corrected chi connectivity index (χ3v) is 5.85. The second kappa shape index (κ2) is 9.65. The normalized spacial score (nSPS) is 26.9. The number of nitro benzene ring substituents is 2. The first-order valence-electron chi connectivity index (χ1n) is 8.85. The molecule has 0 bridgehead atoms. The lowest BCUT2D eigenvalue weighted by atomic mass is 10.0. The molecule has 12 nitrogen and oxygen atoms in total. The van der Waals surface area contributed by atoms with Gasteiger partial charge in [-0.1, -0.05) is 11.8 Å². The van der Waals surface area contributed by atoms with Gasteiger partial charge in [-0.15, -0.1) is 0 Å². The maximum absolute atomic E-state index is 11.5. The number of ether oxygens (including phenoxy) is 1. The first-order valence-corrected chi connectivity index (χ1v) is 9.73. The zero-order valence-corrected chi connectivity index (χ0v) is 16.6. The van der Waals surface area contributed by atoms with E-state index >= 15 is 0 Å². The van der Waals surface area contributed by atoms with Gasteiger partial charge in [0.1, 0.15) is 35.5 Å². The van der Waals surface area contributed by atoms with Gasteiger partial charge < -0.3 is 30.1 Å². The van der Waals surface area contributed by atoms with Crippen molar-refractivity contribution in [2.24, 2.45) is 0 Å². The van der Waals surface area contributed by atoms with Crippen molar-refractivity contribution < 1.29 is 35.0 Å². The minimum atomic E-state index is -1.64. The fourth-order valence-corrected chi connectivity index (χ4v) is 4.22. The number of thioether (sulfide) groups is 1. The van der Waals surface area contributed by atoms with Gasteiger partial charge in [0, 0.05) is 13.1 Å². The van der Waals surface area contributed by atoms with Gasteiger partial charge >= 0.3 is 0 Å². The van der Waals surface area contributed by atoms with Gasteiger partial charge in [-0.3, -0.25) is 20.2 Å². The van der Waals surface area contributed by atoms with Gasteiger partial charge in [0.05, 0.1) is 27.4 Å². The van der Waals surface area contributed by atoms with Crippen LogP contribution in [0.25, 0.3) is 0 Å². The molecule has 0 saturated carbocycles. The van der Waals surface area contributed by atoms with Crippen molar-refractivity contribution in [3.63, 3.8) is 0 Å². The molecule has 1 aromatic rings. The van der Waals surface area contributed by atoms with E-state index in [1.165, 1.54) is 6.07 Å². The highest BCUT2D eigenvalue weighted by Crippen LogP contribution is 2.43. The quantitative estimate of drug-likeness (QED) is 0.326. The van der Waals surface area contributed by atoms with E-state index in [9.17, 15) is 40.7 Å². The number of hydrogen-bond donors (Lipinski definition) is 4. The van der Waals surface area contributed by atoms with Gasteiger partial charge in [0.2, 0.25) is 0 Å². The van der Waals surface area contributed by atoms with Crippen molar-refractivity contribution >= 4 is 28.8 Å². The summed E-state index contributed by atoms with van der Waals surface area (Å²) >= 11 is 0.680. The van der Waals surface area contributed by atoms with Gasteiger partial charge in [-0.05, 0) is 19.9 Å². The molecule has 0 aromatic heterocycles. The lowest BCUT2D eigenvalue weighted by molar-refractivity contribution is -0.395. The van der Waals surface area contributed by atoms with E-state index in [1.54, 1.807) is 18.7 Å². The molecular weight excluding hydrogens is 410 g/mol. The lowest BCUT2D eigenvalue weighted by Gasteiger charge is -2.39. The molecule has 162 valence electrons. The largest absolute Gasteiger partial charge is 0.394 e. The fourth-order valence-electron chi connectivity index (χ4n) is 3.04. The summed E-state index contributed by atoms with van der Waals surface area (Å²) in [7, 11) is 0. The molecule has 1 aliphatic rings. The Bertz CT molecular complexity index is 759. The summed E-state index contributed by atoms with van der Waals surface area (Å²) in [5, 5.41) is 62.2. The highest BCUT2D eigenvalue weighted by Gasteiger charge is 2.44. The highest BCUT2D eigenvalue weighted by molar-refractivity contribution is 8.00. The summed E-state index contributed by atoms with van der Waals surface area (Å²) in [4.78, 5) is 23.1. The standard InChI is InChI=1S/C16H23N3O9S/c1-3-17(4-2)8-6-12(10(19(26)27)5-9(8)18(24)25)29-16-15(23)14(22)13(21)11(7-20)28-16/h5-6,11,13-16,20-23H,3-4,7H2,1-2H3/t11-,13+,14+,15-,16+/m1/s1. The smallest absolute Gasteiger partial charge is 0.299 e. The molecule has 4 N–H and O–H groups in total. The zero-order chi connectivity index (χ0) is 21.9. The van der Waals surface area contributed by atoms with Crippen molar-refractivity contribution in [3.05, 3.63) is 32.4 Å². The predicted molar refractivity (Wildman–Crippen MR) is 103 cm³/mol. The Balaban J connectivity index is 2.51. The van der Waals surface area contributed by atoms with Crippen molar-refractivity contribution in [1.29, 1.82) is 0 Å². The minimum absolute atomic E-state index is 0.0215. The summed E-state index contributed by atoms with van der Waals surface area (Å²) in [6.45, 7) is 3.74. The molecule has 1 fully saturated rings. The van der Waals surface area contributed by atoms with Crippen LogP contribution in [0.3, 0.4) is 0 Å². The Morgan fingerprint density at radius 3 is 2.10 bits per heavy atom. The van der Waals surface area contributed by atoms with Crippen LogP contribution in [0.2, 0.25) is 0 Å². The summed E-state index contributed by atoms with van der Waals surface area (Å²) in [6.07, 6.45) is -5.99. The Kier molecular flexibility index (Phi) is 7.73. The molecule has 1 aliphatic heterocycles. The maximum Gasteiger partial charge on any atom is 0.299 e. The Hall–Kier alpha value is -2.03. The molecule has 1 heterocycles. The number of hydrogen-bond acceptors (Lipinski definition) is 11. The van der Waals surface area contributed by atoms with Crippen LogP contribution in [0, 0.1) is 20.2 Å². The van der Waals surface area contributed by atoms with Crippen LogP contribution >= 0.6 is 11.8 Å². The van der Waals surface area contributed by atoms with E-state index in [-0.39, 0.29) is 10.6 Å². The third kappa shape index (κ3) is 4.76. The second-order valence-electron chi connectivity index (χ2n) is 6.31. The van der Waals surface area contributed by atoms with Crippen LogP contribution in [-0.2, 0) is 4.74 Å². The molecule has 1 saturated heterocycles. The second-order valence-corrected chi connectivity index (χ2v) is 7.45. The molecule has 1 aromatic carbocycles. The average Bonchev–Trinajstić information content (AvgIpc) is 2.68. The molecule has 0 radical (unpaired) electrons. The van der Waals surface area contributed by atoms with E-state index in [0.717, 1.165) is 6.07 Å². The molecule has 13 heteroatoms. The number of rotatable bonds is 8. The Morgan fingerprint density at radius 2 is 1.62 bits per heavy atom.